The molecule has 15 heavy (non-hydrogen) atoms. The summed E-state index contributed by atoms with van der Waals surface area (Å²) in [6.07, 6.45) is 2.75. The van der Waals surface area contributed by atoms with Gasteiger partial charge >= 0.3 is 0 Å². The molecule has 0 unspecified atom stereocenters. The number of aryl methyl sites for hydroxylation is 1. The number of nitrogens with zero attached hydrogens (tertiary/aromatic N) is 1. The molecule has 0 N–H and O–H groups in total. The zero-order valence-electron chi connectivity index (χ0n) is 8.57. The number of aromatic nitrogens is 1. The van der Waals surface area contributed by atoms with Gasteiger partial charge in [-0.05, 0) is 30.2 Å². The number of hydrogen-bond donors (Lipinski definition) is 0. The van der Waals surface area contributed by atoms with Crippen molar-refractivity contribution in [1.82, 2.24) is 4.98 Å². The van der Waals surface area contributed by atoms with E-state index in [-0.39, 0.29) is 0 Å². The minimum Gasteiger partial charge on any atom is -0.256 e. The lowest BCUT2D eigenvalue weighted by atomic mass is 10.1. The van der Waals surface area contributed by atoms with E-state index in [1.54, 1.807) is 6.20 Å². The second-order valence-corrected chi connectivity index (χ2v) is 3.78. The Morgan fingerprint density at radius 1 is 1.20 bits per heavy atom. The van der Waals surface area contributed by atoms with Gasteiger partial charge in [-0.2, -0.15) is 0 Å². The SMILES string of the molecule is CCc1ccc(-c2ccccn2)cc1Cl. The molecule has 1 aromatic carbocycles. The van der Waals surface area contributed by atoms with Crippen LogP contribution in [-0.4, -0.2) is 4.98 Å². The molecular formula is C13H12ClN. The zero-order valence-corrected chi connectivity index (χ0v) is 9.33. The highest BCUT2D eigenvalue weighted by atomic mass is 35.5. The van der Waals surface area contributed by atoms with Crippen LogP contribution in [0.2, 0.25) is 5.02 Å². The average molecular weight is 218 g/mol. The minimum atomic E-state index is 0.820. The van der Waals surface area contributed by atoms with Crippen molar-refractivity contribution >= 4 is 11.6 Å². The van der Waals surface area contributed by atoms with E-state index >= 15 is 0 Å². The Bertz CT molecular complexity index is 451. The molecule has 2 heteroatoms. The molecule has 0 bridgehead atoms. The van der Waals surface area contributed by atoms with E-state index in [0.29, 0.717) is 0 Å². The Morgan fingerprint density at radius 3 is 2.67 bits per heavy atom. The van der Waals surface area contributed by atoms with Gasteiger partial charge in [-0.1, -0.05) is 36.7 Å². The van der Waals surface area contributed by atoms with Gasteiger partial charge in [0.2, 0.25) is 0 Å². The summed E-state index contributed by atoms with van der Waals surface area (Å²) in [5.41, 5.74) is 3.20. The standard InChI is InChI=1S/C13H12ClN/c1-2-10-6-7-11(9-12(10)14)13-5-3-4-8-15-13/h3-9H,2H2,1H3. The maximum atomic E-state index is 6.15. The van der Waals surface area contributed by atoms with Crippen LogP contribution in [0.4, 0.5) is 0 Å². The third kappa shape index (κ3) is 2.18. The Balaban J connectivity index is 2.43. The highest BCUT2D eigenvalue weighted by molar-refractivity contribution is 6.31. The molecule has 0 amide bonds. The zero-order chi connectivity index (χ0) is 10.7. The normalized spacial score (nSPS) is 10.3. The maximum Gasteiger partial charge on any atom is 0.0702 e. The van der Waals surface area contributed by atoms with Gasteiger partial charge in [0.1, 0.15) is 0 Å². The molecule has 0 fully saturated rings. The van der Waals surface area contributed by atoms with Crippen molar-refractivity contribution in [2.45, 2.75) is 13.3 Å². The first-order valence-corrected chi connectivity index (χ1v) is 5.39. The lowest BCUT2D eigenvalue weighted by Crippen LogP contribution is -1.85. The number of benzene rings is 1. The van der Waals surface area contributed by atoms with E-state index in [1.165, 1.54) is 5.56 Å². The third-order valence-corrected chi connectivity index (χ3v) is 2.75. The van der Waals surface area contributed by atoms with Crippen LogP contribution in [0.15, 0.2) is 42.6 Å². The van der Waals surface area contributed by atoms with Crippen LogP contribution in [0.5, 0.6) is 0 Å². The Labute approximate surface area is 94.7 Å². The Kier molecular flexibility index (Phi) is 3.02. The van der Waals surface area contributed by atoms with Gasteiger partial charge in [0, 0.05) is 16.8 Å². The lowest BCUT2D eigenvalue weighted by molar-refractivity contribution is 1.14. The van der Waals surface area contributed by atoms with E-state index in [0.717, 1.165) is 22.7 Å². The Hall–Kier alpha value is -1.34. The van der Waals surface area contributed by atoms with Crippen molar-refractivity contribution in [3.63, 3.8) is 0 Å². The van der Waals surface area contributed by atoms with E-state index < -0.39 is 0 Å². The fourth-order valence-corrected chi connectivity index (χ4v) is 1.84. The smallest absolute Gasteiger partial charge is 0.0702 e. The van der Waals surface area contributed by atoms with Gasteiger partial charge in [-0.25, -0.2) is 0 Å². The molecule has 0 aliphatic heterocycles. The van der Waals surface area contributed by atoms with Gasteiger partial charge in [0.05, 0.1) is 5.69 Å². The quantitative estimate of drug-likeness (QED) is 0.742. The first-order chi connectivity index (χ1) is 7.31. The van der Waals surface area contributed by atoms with Crippen molar-refractivity contribution in [2.24, 2.45) is 0 Å². The van der Waals surface area contributed by atoms with Gasteiger partial charge in [-0.3, -0.25) is 4.98 Å². The second kappa shape index (κ2) is 4.45. The molecule has 76 valence electrons. The average Bonchev–Trinajstić information content (AvgIpc) is 2.30. The molecule has 2 rings (SSSR count). The minimum absolute atomic E-state index is 0.820. The summed E-state index contributed by atoms with van der Waals surface area (Å²) in [4.78, 5) is 4.29. The largest absolute Gasteiger partial charge is 0.256 e. The predicted octanol–water partition coefficient (Wildman–Crippen LogP) is 3.96. The van der Waals surface area contributed by atoms with E-state index in [4.69, 9.17) is 11.6 Å². The molecule has 0 saturated heterocycles. The summed E-state index contributed by atoms with van der Waals surface area (Å²) in [5, 5.41) is 0.820. The van der Waals surface area contributed by atoms with Crippen LogP contribution >= 0.6 is 11.6 Å². The summed E-state index contributed by atoms with van der Waals surface area (Å²) in [6, 6.07) is 12.0. The fraction of sp³-hybridized carbons (Fsp3) is 0.154. The molecule has 1 heterocycles. The summed E-state index contributed by atoms with van der Waals surface area (Å²) >= 11 is 6.15. The van der Waals surface area contributed by atoms with Crippen LogP contribution in [-0.2, 0) is 6.42 Å². The van der Waals surface area contributed by atoms with E-state index in [1.807, 2.05) is 24.3 Å². The monoisotopic (exact) mass is 217 g/mol. The number of halogens is 1. The second-order valence-electron chi connectivity index (χ2n) is 3.37. The summed E-state index contributed by atoms with van der Waals surface area (Å²) in [5.74, 6) is 0. The molecule has 0 radical (unpaired) electrons. The highest BCUT2D eigenvalue weighted by Crippen LogP contribution is 2.24. The van der Waals surface area contributed by atoms with Gasteiger partial charge in [0.25, 0.3) is 0 Å². The predicted molar refractivity (Wildman–Crippen MR) is 64.1 cm³/mol. The lowest BCUT2D eigenvalue weighted by Gasteiger charge is -2.04. The molecule has 1 nitrogen and oxygen atoms in total. The van der Waals surface area contributed by atoms with Gasteiger partial charge in [-0.15, -0.1) is 0 Å². The Morgan fingerprint density at radius 2 is 2.07 bits per heavy atom. The topological polar surface area (TPSA) is 12.9 Å². The fourth-order valence-electron chi connectivity index (χ4n) is 1.53. The van der Waals surface area contributed by atoms with Crippen molar-refractivity contribution in [2.75, 3.05) is 0 Å². The van der Waals surface area contributed by atoms with Crippen LogP contribution < -0.4 is 0 Å². The van der Waals surface area contributed by atoms with E-state index in [2.05, 4.69) is 24.0 Å². The first kappa shape index (κ1) is 10.2. The molecule has 2 aromatic rings. The molecule has 0 saturated carbocycles. The molecule has 0 aliphatic carbocycles. The summed E-state index contributed by atoms with van der Waals surface area (Å²) < 4.78 is 0. The molecule has 0 aliphatic rings. The van der Waals surface area contributed by atoms with Crippen molar-refractivity contribution in [3.05, 3.63) is 53.2 Å². The van der Waals surface area contributed by atoms with Crippen LogP contribution in [0, 0.1) is 0 Å². The first-order valence-electron chi connectivity index (χ1n) is 5.01. The summed E-state index contributed by atoms with van der Waals surface area (Å²) in [6.45, 7) is 2.10. The van der Waals surface area contributed by atoms with Crippen molar-refractivity contribution in [3.8, 4) is 11.3 Å². The maximum absolute atomic E-state index is 6.15. The molecular weight excluding hydrogens is 206 g/mol. The number of pyridine rings is 1. The highest BCUT2D eigenvalue weighted by Gasteiger charge is 2.02. The molecule has 0 spiro atoms. The third-order valence-electron chi connectivity index (χ3n) is 2.39. The van der Waals surface area contributed by atoms with Crippen LogP contribution in [0.25, 0.3) is 11.3 Å². The molecule has 1 aromatic heterocycles. The van der Waals surface area contributed by atoms with Crippen LogP contribution in [0.3, 0.4) is 0 Å². The van der Waals surface area contributed by atoms with E-state index in [9.17, 15) is 0 Å². The van der Waals surface area contributed by atoms with Gasteiger partial charge in [0.15, 0.2) is 0 Å². The summed E-state index contributed by atoms with van der Waals surface area (Å²) in [7, 11) is 0. The van der Waals surface area contributed by atoms with Crippen LogP contribution in [0.1, 0.15) is 12.5 Å². The number of hydrogen-bond acceptors (Lipinski definition) is 1. The van der Waals surface area contributed by atoms with Gasteiger partial charge < -0.3 is 0 Å². The van der Waals surface area contributed by atoms with Crippen molar-refractivity contribution < 1.29 is 0 Å². The van der Waals surface area contributed by atoms with Crippen molar-refractivity contribution in [1.29, 1.82) is 0 Å². The number of rotatable bonds is 2. The molecule has 0 atom stereocenters.